The van der Waals surface area contributed by atoms with Crippen molar-refractivity contribution in [1.82, 2.24) is 24.9 Å². The number of hydrogen-bond acceptors (Lipinski definition) is 7. The summed E-state index contributed by atoms with van der Waals surface area (Å²) in [5, 5.41) is 8.25. The third kappa shape index (κ3) is 4.10. The van der Waals surface area contributed by atoms with Gasteiger partial charge in [-0.15, -0.1) is 5.10 Å². The molecule has 1 unspecified atom stereocenters. The average Bonchev–Trinajstić information content (AvgIpc) is 3.47. The maximum Gasteiger partial charge on any atom is 0.231 e. The van der Waals surface area contributed by atoms with Crippen molar-refractivity contribution in [2.24, 2.45) is 5.41 Å². The summed E-state index contributed by atoms with van der Waals surface area (Å²) in [4.78, 5) is 20.2. The Morgan fingerprint density at radius 1 is 1.22 bits per heavy atom. The summed E-state index contributed by atoms with van der Waals surface area (Å²) in [6.07, 6.45) is 4.69. The molecule has 1 amide bonds. The molecule has 1 fully saturated rings. The molecular formula is C23H25N5O4. The average molecular weight is 435 g/mol. The normalized spacial score (nSPS) is 16.6. The van der Waals surface area contributed by atoms with E-state index in [2.05, 4.69) is 41.2 Å². The van der Waals surface area contributed by atoms with E-state index >= 15 is 0 Å². The van der Waals surface area contributed by atoms with Crippen molar-refractivity contribution < 1.29 is 18.7 Å². The van der Waals surface area contributed by atoms with Gasteiger partial charge in [0, 0.05) is 24.8 Å². The Morgan fingerprint density at radius 2 is 2.09 bits per heavy atom. The predicted molar refractivity (Wildman–Crippen MR) is 118 cm³/mol. The molecule has 0 spiro atoms. The molecule has 1 aliphatic rings. The monoisotopic (exact) mass is 435 g/mol. The zero-order chi connectivity index (χ0) is 22.3. The van der Waals surface area contributed by atoms with Crippen molar-refractivity contribution in [1.29, 1.82) is 0 Å². The zero-order valence-corrected chi connectivity index (χ0v) is 18.3. The number of fused-ring (bicyclic) bond motifs is 2. The van der Waals surface area contributed by atoms with Crippen molar-refractivity contribution >= 4 is 22.5 Å². The van der Waals surface area contributed by atoms with Crippen molar-refractivity contribution in [2.45, 2.75) is 39.7 Å². The first-order valence-corrected chi connectivity index (χ1v) is 10.6. The van der Waals surface area contributed by atoms with Crippen molar-refractivity contribution in [3.63, 3.8) is 0 Å². The Labute approximate surface area is 184 Å². The summed E-state index contributed by atoms with van der Waals surface area (Å²) < 4.78 is 19.5. The van der Waals surface area contributed by atoms with Crippen LogP contribution in [0.4, 0.5) is 0 Å². The molecule has 0 aromatic carbocycles. The first-order valence-electron chi connectivity index (χ1n) is 10.6. The van der Waals surface area contributed by atoms with Crippen LogP contribution in [0.25, 0.3) is 28.1 Å². The number of ether oxygens (including phenoxy) is 2. The van der Waals surface area contributed by atoms with Gasteiger partial charge < -0.3 is 19.2 Å². The number of nitrogens with one attached hydrogen (secondary N) is 1. The molecule has 1 N–H and O–H groups in total. The lowest BCUT2D eigenvalue weighted by molar-refractivity contribution is -0.119. The van der Waals surface area contributed by atoms with Gasteiger partial charge in [0.1, 0.15) is 17.9 Å². The fraction of sp³-hybridized carbons (Fsp3) is 0.391. The molecular weight excluding hydrogens is 410 g/mol. The van der Waals surface area contributed by atoms with Crippen molar-refractivity contribution in [3.05, 3.63) is 36.7 Å². The second-order valence-electron chi connectivity index (χ2n) is 9.19. The van der Waals surface area contributed by atoms with Crippen LogP contribution in [0.3, 0.4) is 0 Å². The Kier molecular flexibility index (Phi) is 4.96. The molecule has 0 bridgehead atoms. The lowest BCUT2D eigenvalue weighted by atomic mass is 9.99. The van der Waals surface area contributed by atoms with Crippen LogP contribution in [0.5, 0.6) is 11.8 Å². The number of furan rings is 1. The Hall–Kier alpha value is -3.62. The largest absolute Gasteiger partial charge is 0.477 e. The summed E-state index contributed by atoms with van der Waals surface area (Å²) in [7, 11) is 0. The SMILES string of the molecule is CC(C)(C)COc1nccc2oc(-c3cnc4ccc(OCC5CCC(=O)N5)nn34)cc12. The fourth-order valence-electron chi connectivity index (χ4n) is 3.55. The molecule has 0 aliphatic carbocycles. The van der Waals surface area contributed by atoms with Crippen molar-refractivity contribution in [3.8, 4) is 23.2 Å². The van der Waals surface area contributed by atoms with Crippen LogP contribution in [-0.4, -0.2) is 44.7 Å². The lowest BCUT2D eigenvalue weighted by Crippen LogP contribution is -2.31. The van der Waals surface area contributed by atoms with Crippen LogP contribution in [0.2, 0.25) is 0 Å². The summed E-state index contributed by atoms with van der Waals surface area (Å²) in [6.45, 7) is 7.24. The second-order valence-corrected chi connectivity index (χ2v) is 9.19. The van der Waals surface area contributed by atoms with Crippen LogP contribution in [0, 0.1) is 5.41 Å². The van der Waals surface area contributed by atoms with Crippen LogP contribution in [0.15, 0.2) is 41.1 Å². The summed E-state index contributed by atoms with van der Waals surface area (Å²) in [5.74, 6) is 1.65. The van der Waals surface area contributed by atoms with Gasteiger partial charge >= 0.3 is 0 Å². The molecule has 9 nitrogen and oxygen atoms in total. The molecule has 32 heavy (non-hydrogen) atoms. The molecule has 166 valence electrons. The second kappa shape index (κ2) is 7.81. The van der Waals surface area contributed by atoms with Gasteiger partial charge in [-0.05, 0) is 24.0 Å². The highest BCUT2D eigenvalue weighted by atomic mass is 16.5. The number of hydrogen-bond donors (Lipinski definition) is 1. The minimum Gasteiger partial charge on any atom is -0.477 e. The van der Waals surface area contributed by atoms with E-state index in [0.717, 1.165) is 11.8 Å². The molecule has 1 saturated heterocycles. The number of carbonyl (C=O) groups is 1. The third-order valence-electron chi connectivity index (χ3n) is 5.16. The molecule has 5 heterocycles. The molecule has 4 aromatic heterocycles. The van der Waals surface area contributed by atoms with Gasteiger partial charge in [0.05, 0.1) is 24.2 Å². The van der Waals surface area contributed by atoms with Gasteiger partial charge in [0.15, 0.2) is 11.4 Å². The molecule has 1 atom stereocenters. The van der Waals surface area contributed by atoms with Crippen LogP contribution in [0.1, 0.15) is 33.6 Å². The Balaban J connectivity index is 1.43. The van der Waals surface area contributed by atoms with E-state index in [0.29, 0.717) is 54.1 Å². The van der Waals surface area contributed by atoms with Gasteiger partial charge in [0.2, 0.25) is 17.7 Å². The number of imidazole rings is 1. The van der Waals surface area contributed by atoms with Gasteiger partial charge in [-0.25, -0.2) is 14.5 Å². The maximum absolute atomic E-state index is 11.4. The van der Waals surface area contributed by atoms with E-state index in [1.54, 1.807) is 23.0 Å². The first kappa shape index (κ1) is 20.3. The first-order chi connectivity index (χ1) is 15.4. The van der Waals surface area contributed by atoms with E-state index in [4.69, 9.17) is 13.9 Å². The van der Waals surface area contributed by atoms with Gasteiger partial charge in [-0.3, -0.25) is 4.79 Å². The number of rotatable bonds is 6. The minimum atomic E-state index is 0.0108. The quantitative estimate of drug-likeness (QED) is 0.493. The van der Waals surface area contributed by atoms with Gasteiger partial charge in [0.25, 0.3) is 0 Å². The van der Waals surface area contributed by atoms with Crippen molar-refractivity contribution in [2.75, 3.05) is 13.2 Å². The summed E-state index contributed by atoms with van der Waals surface area (Å²) in [6, 6.07) is 7.32. The lowest BCUT2D eigenvalue weighted by Gasteiger charge is -2.18. The topological polar surface area (TPSA) is 104 Å². The highest BCUT2D eigenvalue weighted by Crippen LogP contribution is 2.33. The van der Waals surface area contributed by atoms with E-state index in [1.165, 1.54) is 0 Å². The minimum absolute atomic E-state index is 0.0108. The zero-order valence-electron chi connectivity index (χ0n) is 18.3. The predicted octanol–water partition coefficient (Wildman–Crippen LogP) is 3.62. The molecule has 0 radical (unpaired) electrons. The summed E-state index contributed by atoms with van der Waals surface area (Å²) >= 11 is 0. The standard InChI is InChI=1S/C23H25N5O4/c1-23(2,3)13-31-22-15-10-18(32-17(15)8-9-24-22)16-11-25-19-5-7-21(27-28(16)19)30-12-14-4-6-20(29)26-14/h5,7-11,14H,4,6,12-13H2,1-3H3,(H,26,29). The highest BCUT2D eigenvalue weighted by molar-refractivity contribution is 5.86. The number of carbonyl (C=O) groups excluding carboxylic acids is 1. The van der Waals surface area contributed by atoms with Crippen LogP contribution in [-0.2, 0) is 4.79 Å². The molecule has 9 heteroatoms. The molecule has 4 aromatic rings. The van der Waals surface area contributed by atoms with Crippen LogP contribution >= 0.6 is 0 Å². The fourth-order valence-corrected chi connectivity index (χ4v) is 3.55. The molecule has 1 aliphatic heterocycles. The Morgan fingerprint density at radius 3 is 2.88 bits per heavy atom. The number of nitrogens with zero attached hydrogens (tertiary/aromatic N) is 4. The van der Waals surface area contributed by atoms with E-state index in [1.807, 2.05) is 18.2 Å². The highest BCUT2D eigenvalue weighted by Gasteiger charge is 2.22. The molecule has 0 saturated carbocycles. The number of pyridine rings is 1. The van der Waals surface area contributed by atoms with Gasteiger partial charge in [-0.1, -0.05) is 20.8 Å². The van der Waals surface area contributed by atoms with E-state index < -0.39 is 0 Å². The third-order valence-corrected chi connectivity index (χ3v) is 5.16. The van der Waals surface area contributed by atoms with E-state index in [9.17, 15) is 4.79 Å². The summed E-state index contributed by atoms with van der Waals surface area (Å²) in [5.41, 5.74) is 2.06. The van der Waals surface area contributed by atoms with E-state index in [-0.39, 0.29) is 17.4 Å². The number of aromatic nitrogens is 4. The Bertz CT molecular complexity index is 1290. The molecule has 5 rings (SSSR count). The smallest absolute Gasteiger partial charge is 0.231 e. The van der Waals surface area contributed by atoms with Crippen LogP contribution < -0.4 is 14.8 Å². The maximum atomic E-state index is 11.4. The number of amides is 1. The van der Waals surface area contributed by atoms with Gasteiger partial charge in [-0.2, -0.15) is 0 Å².